The number of anilines is 1. The molecule has 1 atom stereocenters. The molecule has 0 fully saturated rings. The first kappa shape index (κ1) is 12.2. The number of aromatic nitrogens is 1. The SMILES string of the molecule is Cc1csc(N2Cc3ccccc3CC2C(=O)O)n1. The average molecular weight is 274 g/mol. The van der Waals surface area contributed by atoms with E-state index < -0.39 is 12.0 Å². The maximum atomic E-state index is 11.5. The summed E-state index contributed by atoms with van der Waals surface area (Å²) in [6.07, 6.45) is 0.532. The van der Waals surface area contributed by atoms with Crippen molar-refractivity contribution >= 4 is 22.4 Å². The molecule has 0 bridgehead atoms. The largest absolute Gasteiger partial charge is 0.480 e. The number of thiazole rings is 1. The van der Waals surface area contributed by atoms with E-state index in [1.807, 2.05) is 35.4 Å². The Kier molecular flexibility index (Phi) is 2.98. The molecule has 1 aliphatic heterocycles. The van der Waals surface area contributed by atoms with Gasteiger partial charge in [-0.1, -0.05) is 24.3 Å². The topological polar surface area (TPSA) is 53.4 Å². The Morgan fingerprint density at radius 3 is 2.79 bits per heavy atom. The second-order valence-corrected chi connectivity index (χ2v) is 5.56. The highest BCUT2D eigenvalue weighted by Gasteiger charge is 2.32. The summed E-state index contributed by atoms with van der Waals surface area (Å²) in [6, 6.07) is 7.49. The normalized spacial score (nSPS) is 18.2. The molecule has 1 aliphatic rings. The maximum absolute atomic E-state index is 11.5. The van der Waals surface area contributed by atoms with Crippen molar-refractivity contribution < 1.29 is 9.90 Å². The highest BCUT2D eigenvalue weighted by atomic mass is 32.1. The molecule has 3 rings (SSSR count). The first-order valence-electron chi connectivity index (χ1n) is 6.13. The molecule has 1 N–H and O–H groups in total. The number of nitrogens with zero attached hydrogens (tertiary/aromatic N) is 2. The smallest absolute Gasteiger partial charge is 0.326 e. The Labute approximate surface area is 115 Å². The third-order valence-electron chi connectivity index (χ3n) is 3.39. The Balaban J connectivity index is 2.00. The van der Waals surface area contributed by atoms with Crippen LogP contribution in [0.2, 0.25) is 0 Å². The van der Waals surface area contributed by atoms with Crippen LogP contribution in [0.5, 0.6) is 0 Å². The molecule has 2 heterocycles. The summed E-state index contributed by atoms with van der Waals surface area (Å²) in [5.41, 5.74) is 3.25. The second kappa shape index (κ2) is 4.66. The average Bonchev–Trinajstić information content (AvgIpc) is 2.83. The van der Waals surface area contributed by atoms with Gasteiger partial charge in [0.2, 0.25) is 0 Å². The van der Waals surface area contributed by atoms with Gasteiger partial charge >= 0.3 is 5.97 Å². The van der Waals surface area contributed by atoms with Crippen molar-refractivity contribution in [3.05, 3.63) is 46.5 Å². The van der Waals surface area contributed by atoms with Gasteiger partial charge < -0.3 is 10.0 Å². The van der Waals surface area contributed by atoms with Crippen LogP contribution < -0.4 is 4.90 Å². The van der Waals surface area contributed by atoms with Crippen LogP contribution in [0.15, 0.2) is 29.6 Å². The molecule has 0 spiro atoms. The number of fused-ring (bicyclic) bond motifs is 1. The molecule has 2 aromatic rings. The lowest BCUT2D eigenvalue weighted by Gasteiger charge is -2.34. The number of carboxylic acids is 1. The zero-order valence-electron chi connectivity index (χ0n) is 10.5. The van der Waals surface area contributed by atoms with Crippen LogP contribution in [0.1, 0.15) is 16.8 Å². The van der Waals surface area contributed by atoms with Crippen LogP contribution in [0.3, 0.4) is 0 Å². The minimum absolute atomic E-state index is 0.527. The minimum atomic E-state index is -0.789. The molecule has 0 saturated carbocycles. The van der Waals surface area contributed by atoms with Gasteiger partial charge in [-0.3, -0.25) is 0 Å². The standard InChI is InChI=1S/C14H14N2O2S/c1-9-8-19-14(15-9)16-7-11-5-3-2-4-10(11)6-12(16)13(17)18/h2-5,8,12H,6-7H2,1H3,(H,17,18). The summed E-state index contributed by atoms with van der Waals surface area (Å²) in [6.45, 7) is 2.54. The molecule has 0 radical (unpaired) electrons. The van der Waals surface area contributed by atoms with Crippen molar-refractivity contribution in [3.8, 4) is 0 Å². The molecule has 0 aliphatic carbocycles. The van der Waals surface area contributed by atoms with Gasteiger partial charge in [0, 0.05) is 18.3 Å². The van der Waals surface area contributed by atoms with E-state index in [-0.39, 0.29) is 0 Å². The van der Waals surface area contributed by atoms with E-state index in [4.69, 9.17) is 0 Å². The van der Waals surface area contributed by atoms with Crippen LogP contribution in [0, 0.1) is 6.92 Å². The van der Waals surface area contributed by atoms with E-state index in [2.05, 4.69) is 11.1 Å². The van der Waals surface area contributed by atoms with E-state index in [0.717, 1.165) is 16.4 Å². The monoisotopic (exact) mass is 274 g/mol. The molecule has 0 saturated heterocycles. The third kappa shape index (κ3) is 2.21. The Morgan fingerprint density at radius 1 is 1.42 bits per heavy atom. The van der Waals surface area contributed by atoms with E-state index in [0.29, 0.717) is 13.0 Å². The number of carboxylic acid groups (broad SMARTS) is 1. The van der Waals surface area contributed by atoms with Crippen molar-refractivity contribution in [2.45, 2.75) is 25.9 Å². The van der Waals surface area contributed by atoms with Crippen LogP contribution in [-0.2, 0) is 17.8 Å². The number of carbonyl (C=O) groups is 1. The molecule has 1 aromatic carbocycles. The highest BCUT2D eigenvalue weighted by Crippen LogP contribution is 2.30. The lowest BCUT2D eigenvalue weighted by molar-refractivity contribution is -0.138. The summed E-state index contributed by atoms with van der Waals surface area (Å²) in [5.74, 6) is -0.789. The van der Waals surface area contributed by atoms with Gasteiger partial charge in [0.05, 0.1) is 5.69 Å². The van der Waals surface area contributed by atoms with Gasteiger partial charge in [-0.05, 0) is 18.1 Å². The Morgan fingerprint density at radius 2 is 2.16 bits per heavy atom. The van der Waals surface area contributed by atoms with Crippen LogP contribution in [0.25, 0.3) is 0 Å². The maximum Gasteiger partial charge on any atom is 0.326 e. The summed E-state index contributed by atoms with van der Waals surface area (Å²) >= 11 is 1.50. The zero-order chi connectivity index (χ0) is 13.4. The molecular weight excluding hydrogens is 260 g/mol. The molecular formula is C14H14N2O2S. The fourth-order valence-corrected chi connectivity index (χ4v) is 3.27. The van der Waals surface area contributed by atoms with Crippen LogP contribution in [-0.4, -0.2) is 22.1 Å². The number of aryl methyl sites for hydroxylation is 1. The fraction of sp³-hybridized carbons (Fsp3) is 0.286. The van der Waals surface area contributed by atoms with Gasteiger partial charge in [0.25, 0.3) is 0 Å². The number of benzene rings is 1. The molecule has 1 aromatic heterocycles. The van der Waals surface area contributed by atoms with E-state index in [1.54, 1.807) is 0 Å². The predicted molar refractivity (Wildman–Crippen MR) is 74.6 cm³/mol. The summed E-state index contributed by atoms with van der Waals surface area (Å²) in [5, 5.41) is 12.2. The van der Waals surface area contributed by atoms with Crippen molar-refractivity contribution in [3.63, 3.8) is 0 Å². The molecule has 98 valence electrons. The minimum Gasteiger partial charge on any atom is -0.480 e. The lowest BCUT2D eigenvalue weighted by Crippen LogP contribution is -2.45. The quantitative estimate of drug-likeness (QED) is 0.914. The van der Waals surface area contributed by atoms with Crippen molar-refractivity contribution in [2.24, 2.45) is 0 Å². The van der Waals surface area contributed by atoms with Gasteiger partial charge in [-0.15, -0.1) is 11.3 Å². The predicted octanol–water partition coefficient (Wildman–Crippen LogP) is 2.47. The van der Waals surface area contributed by atoms with Crippen LogP contribution >= 0.6 is 11.3 Å². The number of hydrogen-bond donors (Lipinski definition) is 1. The highest BCUT2D eigenvalue weighted by molar-refractivity contribution is 7.13. The number of hydrogen-bond acceptors (Lipinski definition) is 4. The van der Waals surface area contributed by atoms with Gasteiger partial charge in [-0.25, -0.2) is 9.78 Å². The van der Waals surface area contributed by atoms with Crippen molar-refractivity contribution in [1.29, 1.82) is 0 Å². The molecule has 0 amide bonds. The van der Waals surface area contributed by atoms with Crippen LogP contribution in [0.4, 0.5) is 5.13 Å². The van der Waals surface area contributed by atoms with E-state index >= 15 is 0 Å². The second-order valence-electron chi connectivity index (χ2n) is 4.73. The zero-order valence-corrected chi connectivity index (χ0v) is 11.4. The fourth-order valence-electron chi connectivity index (χ4n) is 2.42. The summed E-state index contributed by atoms with van der Waals surface area (Å²) in [7, 11) is 0. The molecule has 19 heavy (non-hydrogen) atoms. The molecule has 1 unspecified atom stereocenters. The third-order valence-corrected chi connectivity index (χ3v) is 4.38. The summed E-state index contributed by atoms with van der Waals surface area (Å²) in [4.78, 5) is 17.8. The van der Waals surface area contributed by atoms with Crippen molar-refractivity contribution in [1.82, 2.24) is 4.98 Å². The molecule has 5 heteroatoms. The van der Waals surface area contributed by atoms with Gasteiger partial charge in [0.1, 0.15) is 6.04 Å². The summed E-state index contributed by atoms with van der Waals surface area (Å²) < 4.78 is 0. The first-order chi connectivity index (χ1) is 9.15. The Hall–Kier alpha value is -1.88. The number of rotatable bonds is 2. The number of aliphatic carboxylic acids is 1. The first-order valence-corrected chi connectivity index (χ1v) is 7.01. The lowest BCUT2D eigenvalue weighted by atomic mass is 9.94. The van der Waals surface area contributed by atoms with Crippen molar-refractivity contribution in [2.75, 3.05) is 4.90 Å². The molecule has 4 nitrogen and oxygen atoms in total. The van der Waals surface area contributed by atoms with Gasteiger partial charge in [0.15, 0.2) is 5.13 Å². The van der Waals surface area contributed by atoms with E-state index in [9.17, 15) is 9.90 Å². The Bertz CT molecular complexity index is 623. The van der Waals surface area contributed by atoms with E-state index in [1.165, 1.54) is 16.9 Å². The van der Waals surface area contributed by atoms with Gasteiger partial charge in [-0.2, -0.15) is 0 Å².